The van der Waals surface area contributed by atoms with Gasteiger partial charge in [0, 0.05) is 12.1 Å². The van der Waals surface area contributed by atoms with Crippen molar-refractivity contribution in [3.63, 3.8) is 0 Å². The third-order valence-corrected chi connectivity index (χ3v) is 6.41. The molecule has 1 heterocycles. The third-order valence-electron chi connectivity index (χ3n) is 5.01. The fourth-order valence-electron chi connectivity index (χ4n) is 3.07. The summed E-state index contributed by atoms with van der Waals surface area (Å²) in [6.45, 7) is 4.25. The first-order valence-corrected chi connectivity index (χ1v) is 10.9. The molecule has 2 atom stereocenters. The molecule has 0 saturated carbocycles. The lowest BCUT2D eigenvalue weighted by atomic mass is 9.98. The number of nitrogens with zero attached hydrogens (tertiary/aromatic N) is 1. The number of rotatable bonds is 7. The SMILES string of the molecule is CC[C@H](C)[C@H](N=C1NS(=O)(=O)c2ccccc21)C(=O)NCc1ccc(OC)cc1. The first-order valence-electron chi connectivity index (χ1n) is 9.46. The normalized spacial score (nSPS) is 17.8. The molecule has 0 aromatic heterocycles. The number of amidine groups is 1. The highest BCUT2D eigenvalue weighted by molar-refractivity contribution is 7.90. The Hall–Kier alpha value is -2.87. The van der Waals surface area contributed by atoms with Gasteiger partial charge in [-0.15, -0.1) is 0 Å². The van der Waals surface area contributed by atoms with Crippen molar-refractivity contribution in [3.8, 4) is 5.75 Å². The Balaban J connectivity index is 1.81. The lowest BCUT2D eigenvalue weighted by molar-refractivity contribution is -0.123. The minimum absolute atomic E-state index is 0.0596. The van der Waals surface area contributed by atoms with Crippen LogP contribution in [0.15, 0.2) is 58.4 Å². The summed E-state index contributed by atoms with van der Waals surface area (Å²) in [5.41, 5.74) is 1.42. The molecular formula is C21H25N3O4S. The molecule has 0 bridgehead atoms. The summed E-state index contributed by atoms with van der Waals surface area (Å²) < 4.78 is 32.2. The van der Waals surface area contributed by atoms with Crippen LogP contribution in [-0.2, 0) is 21.4 Å². The van der Waals surface area contributed by atoms with Crippen molar-refractivity contribution in [2.24, 2.45) is 10.9 Å². The number of amides is 1. The predicted molar refractivity (Wildman–Crippen MR) is 111 cm³/mol. The highest BCUT2D eigenvalue weighted by Gasteiger charge is 2.33. The van der Waals surface area contributed by atoms with Gasteiger partial charge in [-0.2, -0.15) is 0 Å². The maximum Gasteiger partial charge on any atom is 0.263 e. The highest BCUT2D eigenvalue weighted by Crippen LogP contribution is 2.24. The van der Waals surface area contributed by atoms with Gasteiger partial charge in [0.25, 0.3) is 10.0 Å². The molecule has 2 aromatic carbocycles. The van der Waals surface area contributed by atoms with Crippen LogP contribution in [0.25, 0.3) is 0 Å². The van der Waals surface area contributed by atoms with E-state index in [0.29, 0.717) is 12.1 Å². The molecule has 154 valence electrons. The Labute approximate surface area is 171 Å². The Bertz CT molecular complexity index is 1020. The van der Waals surface area contributed by atoms with Crippen molar-refractivity contribution >= 4 is 21.8 Å². The monoisotopic (exact) mass is 415 g/mol. The van der Waals surface area contributed by atoms with Crippen molar-refractivity contribution in [1.29, 1.82) is 0 Å². The van der Waals surface area contributed by atoms with Crippen LogP contribution in [0.2, 0.25) is 0 Å². The molecule has 3 rings (SSSR count). The van der Waals surface area contributed by atoms with E-state index in [0.717, 1.165) is 17.7 Å². The zero-order valence-electron chi connectivity index (χ0n) is 16.7. The van der Waals surface area contributed by atoms with Gasteiger partial charge in [-0.1, -0.05) is 44.5 Å². The van der Waals surface area contributed by atoms with Crippen LogP contribution in [0.3, 0.4) is 0 Å². The molecule has 0 fully saturated rings. The molecule has 0 aliphatic carbocycles. The molecule has 1 amide bonds. The van der Waals surface area contributed by atoms with Gasteiger partial charge in [0.2, 0.25) is 5.91 Å². The summed E-state index contributed by atoms with van der Waals surface area (Å²) >= 11 is 0. The number of carbonyl (C=O) groups excluding carboxylic acids is 1. The Morgan fingerprint density at radius 2 is 1.86 bits per heavy atom. The minimum Gasteiger partial charge on any atom is -0.497 e. The fourth-order valence-corrected chi connectivity index (χ4v) is 4.31. The van der Waals surface area contributed by atoms with Gasteiger partial charge < -0.3 is 10.1 Å². The average molecular weight is 416 g/mol. The summed E-state index contributed by atoms with van der Waals surface area (Å²) in [5.74, 6) is 0.656. The van der Waals surface area contributed by atoms with Gasteiger partial charge in [0.05, 0.1) is 12.0 Å². The van der Waals surface area contributed by atoms with Gasteiger partial charge in [-0.05, 0) is 35.7 Å². The third kappa shape index (κ3) is 4.59. The van der Waals surface area contributed by atoms with E-state index in [1.807, 2.05) is 38.1 Å². The van der Waals surface area contributed by atoms with Gasteiger partial charge >= 0.3 is 0 Å². The van der Waals surface area contributed by atoms with Crippen LogP contribution >= 0.6 is 0 Å². The molecule has 1 aliphatic rings. The van der Waals surface area contributed by atoms with Crippen LogP contribution < -0.4 is 14.8 Å². The van der Waals surface area contributed by atoms with E-state index >= 15 is 0 Å². The van der Waals surface area contributed by atoms with Crippen LogP contribution in [-0.4, -0.2) is 33.3 Å². The standard InChI is InChI=1S/C21H25N3O4S/c1-4-14(2)19(21(25)22-13-15-9-11-16(28-3)12-10-15)23-20-17-7-5-6-8-18(17)29(26,27)24-20/h5-12,14,19H,4,13H2,1-3H3,(H,22,25)(H,23,24)/t14-,19-/m0/s1. The molecule has 8 heteroatoms. The van der Waals surface area contributed by atoms with Gasteiger partial charge in [-0.25, -0.2) is 8.42 Å². The lowest BCUT2D eigenvalue weighted by Crippen LogP contribution is -2.38. The quantitative estimate of drug-likeness (QED) is 0.726. The molecule has 0 radical (unpaired) electrons. The van der Waals surface area contributed by atoms with Gasteiger partial charge in [0.15, 0.2) is 0 Å². The largest absolute Gasteiger partial charge is 0.497 e. The summed E-state index contributed by atoms with van der Waals surface area (Å²) in [7, 11) is -2.05. The molecule has 7 nitrogen and oxygen atoms in total. The number of aliphatic imine (C=N–C) groups is 1. The Kier molecular flexibility index (Phi) is 6.22. The maximum absolute atomic E-state index is 12.9. The van der Waals surface area contributed by atoms with E-state index in [9.17, 15) is 13.2 Å². The number of benzene rings is 2. The van der Waals surface area contributed by atoms with Gasteiger partial charge in [-0.3, -0.25) is 14.5 Å². The maximum atomic E-state index is 12.9. The van der Waals surface area contributed by atoms with E-state index in [1.165, 1.54) is 6.07 Å². The van der Waals surface area contributed by atoms with Crippen LogP contribution in [0.1, 0.15) is 31.4 Å². The number of methoxy groups -OCH3 is 1. The molecule has 1 aliphatic heterocycles. The fraction of sp³-hybridized carbons (Fsp3) is 0.333. The number of nitrogens with one attached hydrogen (secondary N) is 2. The number of hydrogen-bond donors (Lipinski definition) is 2. The average Bonchev–Trinajstić information content (AvgIpc) is 3.00. The molecule has 2 aromatic rings. The molecule has 29 heavy (non-hydrogen) atoms. The van der Waals surface area contributed by atoms with E-state index in [2.05, 4.69) is 15.0 Å². The summed E-state index contributed by atoms with van der Waals surface area (Å²) in [5, 5.41) is 2.91. The van der Waals surface area contributed by atoms with E-state index in [1.54, 1.807) is 25.3 Å². The number of ether oxygens (including phenoxy) is 1. The molecular weight excluding hydrogens is 390 g/mol. The van der Waals surface area contributed by atoms with Crippen molar-refractivity contribution < 1.29 is 17.9 Å². The van der Waals surface area contributed by atoms with Crippen molar-refractivity contribution in [1.82, 2.24) is 10.0 Å². The van der Waals surface area contributed by atoms with Crippen LogP contribution in [0.5, 0.6) is 5.75 Å². The topological polar surface area (TPSA) is 96.9 Å². The zero-order valence-corrected chi connectivity index (χ0v) is 17.5. The molecule has 0 spiro atoms. The number of sulfonamides is 1. The van der Waals surface area contributed by atoms with Crippen LogP contribution in [0, 0.1) is 5.92 Å². The molecule has 2 N–H and O–H groups in total. The predicted octanol–water partition coefficient (Wildman–Crippen LogP) is 2.46. The number of hydrogen-bond acceptors (Lipinski definition) is 5. The summed E-state index contributed by atoms with van der Waals surface area (Å²) in [4.78, 5) is 17.6. The van der Waals surface area contributed by atoms with Crippen molar-refractivity contribution in [2.75, 3.05) is 7.11 Å². The molecule has 0 unspecified atom stereocenters. The summed E-state index contributed by atoms with van der Waals surface area (Å²) in [6, 6.07) is 13.3. The second-order valence-corrected chi connectivity index (χ2v) is 8.63. The van der Waals surface area contributed by atoms with Crippen molar-refractivity contribution in [2.45, 2.75) is 37.8 Å². The van der Waals surface area contributed by atoms with E-state index in [4.69, 9.17) is 4.74 Å². The highest BCUT2D eigenvalue weighted by atomic mass is 32.2. The van der Waals surface area contributed by atoms with Gasteiger partial charge in [0.1, 0.15) is 17.6 Å². The lowest BCUT2D eigenvalue weighted by Gasteiger charge is -2.19. The Morgan fingerprint density at radius 1 is 1.17 bits per heavy atom. The van der Waals surface area contributed by atoms with Crippen molar-refractivity contribution in [3.05, 3.63) is 59.7 Å². The molecule has 0 saturated heterocycles. The smallest absolute Gasteiger partial charge is 0.263 e. The first kappa shape index (κ1) is 20.9. The second-order valence-electron chi connectivity index (χ2n) is 6.98. The van der Waals surface area contributed by atoms with E-state index in [-0.39, 0.29) is 22.6 Å². The zero-order chi connectivity index (χ0) is 21.0. The second kappa shape index (κ2) is 8.65. The van der Waals surface area contributed by atoms with E-state index < -0.39 is 16.1 Å². The minimum atomic E-state index is -3.64. The summed E-state index contributed by atoms with van der Waals surface area (Å²) in [6.07, 6.45) is 0.728. The first-order chi connectivity index (χ1) is 13.9. The van der Waals surface area contributed by atoms with Crippen LogP contribution in [0.4, 0.5) is 0 Å². The number of fused-ring (bicyclic) bond motifs is 1. The number of carbonyl (C=O) groups is 1. The Morgan fingerprint density at radius 3 is 2.52 bits per heavy atom.